The van der Waals surface area contributed by atoms with Crippen molar-refractivity contribution < 1.29 is 9.47 Å². The molecule has 1 aliphatic heterocycles. The molecule has 7 nitrogen and oxygen atoms in total. The molecule has 0 saturated carbocycles. The van der Waals surface area contributed by atoms with Crippen LogP contribution in [0.3, 0.4) is 0 Å². The van der Waals surface area contributed by atoms with Crippen molar-refractivity contribution in [3.63, 3.8) is 0 Å². The third-order valence-corrected chi connectivity index (χ3v) is 6.47. The van der Waals surface area contributed by atoms with Crippen molar-refractivity contribution in [3.05, 3.63) is 75.9 Å². The lowest BCUT2D eigenvalue weighted by Gasteiger charge is -2.28. The van der Waals surface area contributed by atoms with Crippen molar-refractivity contribution in [3.8, 4) is 16.9 Å². The fourth-order valence-corrected chi connectivity index (χ4v) is 4.88. The summed E-state index contributed by atoms with van der Waals surface area (Å²) >= 11 is 10.8. The van der Waals surface area contributed by atoms with E-state index < -0.39 is 0 Å². The van der Waals surface area contributed by atoms with Gasteiger partial charge in [-0.3, -0.25) is 8.77 Å². The second-order valence-electron chi connectivity index (χ2n) is 8.89. The Morgan fingerprint density at radius 2 is 1.97 bits per heavy atom. The van der Waals surface area contributed by atoms with E-state index in [4.69, 9.17) is 21.1 Å². The fourth-order valence-electron chi connectivity index (χ4n) is 4.36. The van der Waals surface area contributed by atoms with Crippen molar-refractivity contribution in [2.24, 2.45) is 0 Å². The summed E-state index contributed by atoms with van der Waals surface area (Å²) in [4.78, 5) is 19.9. The zero-order chi connectivity index (χ0) is 24.5. The zero-order valence-corrected chi connectivity index (χ0v) is 21.3. The molecule has 0 bridgehead atoms. The van der Waals surface area contributed by atoms with E-state index in [1.807, 2.05) is 50.6 Å². The fraction of sp³-hybridized carbons (Fsp3) is 0.308. The lowest BCUT2D eigenvalue weighted by molar-refractivity contribution is 0.122. The van der Waals surface area contributed by atoms with Gasteiger partial charge in [-0.2, -0.15) is 0 Å². The van der Waals surface area contributed by atoms with Crippen LogP contribution in [0, 0.1) is 0 Å². The number of thiol groups is 1. The number of aromatic nitrogens is 3. The average molecular weight is 511 g/mol. The molecule has 4 aromatic rings. The molecule has 1 saturated heterocycles. The number of halogens is 1. The Morgan fingerprint density at radius 1 is 1.17 bits per heavy atom. The van der Waals surface area contributed by atoms with Crippen LogP contribution in [0.2, 0.25) is 5.02 Å². The molecule has 182 valence electrons. The maximum atomic E-state index is 13.1. The number of benzene rings is 1. The number of hydrogen-bond acceptors (Lipinski definition) is 6. The summed E-state index contributed by atoms with van der Waals surface area (Å²) in [5.41, 5.74) is 4.31. The minimum Gasteiger partial charge on any atom is -0.491 e. The molecule has 3 aromatic heterocycles. The quantitative estimate of drug-likeness (QED) is 0.374. The van der Waals surface area contributed by atoms with Crippen LogP contribution in [-0.2, 0) is 11.3 Å². The van der Waals surface area contributed by atoms with E-state index in [9.17, 15) is 4.79 Å². The number of morpholine rings is 1. The minimum atomic E-state index is -0.105. The lowest BCUT2D eigenvalue weighted by atomic mass is 10.1. The number of fused-ring (bicyclic) bond motifs is 1. The maximum Gasteiger partial charge on any atom is 0.251 e. The van der Waals surface area contributed by atoms with Gasteiger partial charge in [0.1, 0.15) is 5.75 Å². The van der Waals surface area contributed by atoms with Gasteiger partial charge in [0.15, 0.2) is 5.65 Å². The number of hydrogen-bond donors (Lipinski definition) is 1. The molecule has 1 aromatic carbocycles. The van der Waals surface area contributed by atoms with E-state index in [1.165, 1.54) is 0 Å². The first-order valence-corrected chi connectivity index (χ1v) is 12.4. The molecule has 0 atom stereocenters. The molecule has 35 heavy (non-hydrogen) atoms. The first-order chi connectivity index (χ1) is 16.9. The Hall–Kier alpha value is -2.94. The zero-order valence-electron chi connectivity index (χ0n) is 19.6. The third-order valence-electron chi connectivity index (χ3n) is 5.95. The van der Waals surface area contributed by atoms with Crippen LogP contribution in [-0.4, -0.2) is 45.9 Å². The van der Waals surface area contributed by atoms with Crippen molar-refractivity contribution in [1.82, 2.24) is 13.5 Å². The summed E-state index contributed by atoms with van der Waals surface area (Å²) < 4.78 is 14.6. The van der Waals surface area contributed by atoms with Gasteiger partial charge in [-0.25, -0.2) is 4.98 Å². The van der Waals surface area contributed by atoms with Gasteiger partial charge in [0.05, 0.1) is 37.7 Å². The predicted molar refractivity (Wildman–Crippen MR) is 143 cm³/mol. The minimum absolute atomic E-state index is 0.0375. The number of pyridine rings is 2. The van der Waals surface area contributed by atoms with Gasteiger partial charge in [-0.1, -0.05) is 24.4 Å². The molecule has 0 amide bonds. The van der Waals surface area contributed by atoms with Gasteiger partial charge in [0.2, 0.25) is 0 Å². The Bertz CT molecular complexity index is 1430. The van der Waals surface area contributed by atoms with Gasteiger partial charge < -0.3 is 18.9 Å². The summed E-state index contributed by atoms with van der Waals surface area (Å²) in [6.45, 7) is 7.38. The standard InChI is InChI=1S/C26H27ClN4O3S/c1-17(2)34-22-10-18(9-20(27)12-22)15-30-4-3-19(11-25(30)32)24-16-31(35)26-23(24)13-21(14-28-26)29-5-7-33-8-6-29/h3-4,9-14,16-17,35H,5-8,15H2,1-2H3. The number of anilines is 1. The van der Waals surface area contributed by atoms with Crippen LogP contribution < -0.4 is 15.2 Å². The van der Waals surface area contributed by atoms with Gasteiger partial charge >= 0.3 is 0 Å². The van der Waals surface area contributed by atoms with Crippen molar-refractivity contribution >= 4 is 41.1 Å². The molecule has 5 rings (SSSR count). The first-order valence-electron chi connectivity index (χ1n) is 11.6. The van der Waals surface area contributed by atoms with Crippen LogP contribution in [0.1, 0.15) is 19.4 Å². The average Bonchev–Trinajstić information content (AvgIpc) is 3.16. The summed E-state index contributed by atoms with van der Waals surface area (Å²) in [5.74, 6) is 0.692. The Morgan fingerprint density at radius 3 is 2.71 bits per heavy atom. The molecule has 1 fully saturated rings. The highest BCUT2D eigenvalue weighted by atomic mass is 35.5. The van der Waals surface area contributed by atoms with Crippen LogP contribution in [0.25, 0.3) is 22.2 Å². The van der Waals surface area contributed by atoms with E-state index in [2.05, 4.69) is 28.8 Å². The van der Waals surface area contributed by atoms with E-state index in [1.54, 1.807) is 20.7 Å². The second kappa shape index (κ2) is 9.97. The highest BCUT2D eigenvalue weighted by Crippen LogP contribution is 2.32. The summed E-state index contributed by atoms with van der Waals surface area (Å²) in [6.07, 6.45) is 5.61. The molecule has 0 aliphatic carbocycles. The topological polar surface area (TPSA) is 61.5 Å². The first kappa shape index (κ1) is 23.8. The van der Waals surface area contributed by atoms with E-state index in [0.717, 1.165) is 46.5 Å². The van der Waals surface area contributed by atoms with Crippen molar-refractivity contribution in [2.45, 2.75) is 26.5 Å². The summed E-state index contributed by atoms with van der Waals surface area (Å²) in [6, 6.07) is 11.3. The molecule has 1 aliphatic rings. The smallest absolute Gasteiger partial charge is 0.251 e. The number of nitrogens with zero attached hydrogens (tertiary/aromatic N) is 4. The SMILES string of the molecule is CC(C)Oc1cc(Cl)cc(Cn2ccc(-c3cn(S)c4ncc(N5CCOCC5)cc34)cc2=O)c1. The molecular formula is C26H27ClN4O3S. The van der Waals surface area contributed by atoms with Crippen LogP contribution in [0.5, 0.6) is 5.75 Å². The highest BCUT2D eigenvalue weighted by Gasteiger charge is 2.16. The van der Waals surface area contributed by atoms with Gasteiger partial charge in [-0.05, 0) is 55.3 Å². The normalized spacial score (nSPS) is 14.1. The lowest BCUT2D eigenvalue weighted by Crippen LogP contribution is -2.36. The number of ether oxygens (including phenoxy) is 2. The molecule has 0 spiro atoms. The molecule has 0 radical (unpaired) electrons. The largest absolute Gasteiger partial charge is 0.491 e. The predicted octanol–water partition coefficient (Wildman–Crippen LogP) is 4.88. The Balaban J connectivity index is 1.46. The maximum absolute atomic E-state index is 13.1. The van der Waals surface area contributed by atoms with Crippen molar-refractivity contribution in [2.75, 3.05) is 31.2 Å². The Labute approximate surface area is 214 Å². The summed E-state index contributed by atoms with van der Waals surface area (Å²) in [5, 5.41) is 1.53. The third kappa shape index (κ3) is 5.19. The van der Waals surface area contributed by atoms with Gasteiger partial charge in [0.25, 0.3) is 5.56 Å². The second-order valence-corrected chi connectivity index (χ2v) is 9.76. The van der Waals surface area contributed by atoms with Gasteiger partial charge in [0, 0.05) is 47.5 Å². The van der Waals surface area contributed by atoms with Crippen LogP contribution in [0.15, 0.2) is 59.8 Å². The number of rotatable bonds is 6. The molecular weight excluding hydrogens is 484 g/mol. The summed E-state index contributed by atoms with van der Waals surface area (Å²) in [7, 11) is 0. The highest BCUT2D eigenvalue weighted by molar-refractivity contribution is 7.78. The van der Waals surface area contributed by atoms with E-state index >= 15 is 0 Å². The van der Waals surface area contributed by atoms with E-state index in [-0.39, 0.29) is 11.7 Å². The molecule has 4 heterocycles. The van der Waals surface area contributed by atoms with Gasteiger partial charge in [-0.15, -0.1) is 0 Å². The van der Waals surface area contributed by atoms with Crippen molar-refractivity contribution in [1.29, 1.82) is 0 Å². The molecule has 0 unspecified atom stereocenters. The van der Waals surface area contributed by atoms with Crippen LogP contribution in [0.4, 0.5) is 5.69 Å². The molecule has 9 heteroatoms. The monoisotopic (exact) mass is 510 g/mol. The Kier molecular flexibility index (Phi) is 6.77. The molecule has 0 N–H and O–H groups in total. The van der Waals surface area contributed by atoms with E-state index in [0.29, 0.717) is 30.5 Å². The van der Waals surface area contributed by atoms with Crippen LogP contribution >= 0.6 is 24.4 Å².